The summed E-state index contributed by atoms with van der Waals surface area (Å²) < 4.78 is 0. The zero-order valence-electron chi connectivity index (χ0n) is 11.3. The quantitative estimate of drug-likeness (QED) is 0.786. The van der Waals surface area contributed by atoms with Gasteiger partial charge in [-0.25, -0.2) is 0 Å². The standard InChI is InChI=1S/C14H21N3O/c1-14(18,11-17(2)3)10-16-9-13-6-4-5-12(7-13)8-15/h4-7,16,18H,9-11H2,1-3H3. The molecule has 0 aliphatic heterocycles. The van der Waals surface area contributed by atoms with E-state index in [4.69, 9.17) is 5.26 Å². The number of nitrogens with one attached hydrogen (secondary N) is 1. The predicted molar refractivity (Wildman–Crippen MR) is 72.0 cm³/mol. The number of nitriles is 1. The van der Waals surface area contributed by atoms with E-state index in [0.29, 0.717) is 25.2 Å². The van der Waals surface area contributed by atoms with Crippen molar-refractivity contribution in [2.45, 2.75) is 19.1 Å². The molecule has 2 N–H and O–H groups in total. The molecule has 0 aliphatic carbocycles. The molecule has 1 aromatic carbocycles. The second-order valence-electron chi connectivity index (χ2n) is 5.15. The number of nitrogens with zero attached hydrogens (tertiary/aromatic N) is 2. The molecule has 1 aromatic rings. The molecule has 0 fully saturated rings. The first kappa shape index (κ1) is 14.7. The third-order valence-corrected chi connectivity index (χ3v) is 2.55. The maximum Gasteiger partial charge on any atom is 0.0991 e. The minimum atomic E-state index is -0.754. The van der Waals surface area contributed by atoms with Crippen molar-refractivity contribution >= 4 is 0 Å². The fraction of sp³-hybridized carbons (Fsp3) is 0.500. The first-order valence-corrected chi connectivity index (χ1v) is 6.00. The van der Waals surface area contributed by atoms with Crippen LogP contribution in [0.15, 0.2) is 24.3 Å². The van der Waals surface area contributed by atoms with Crippen molar-refractivity contribution in [3.8, 4) is 6.07 Å². The molecule has 0 saturated heterocycles. The minimum Gasteiger partial charge on any atom is -0.388 e. The maximum absolute atomic E-state index is 10.1. The summed E-state index contributed by atoms with van der Waals surface area (Å²) in [4.78, 5) is 1.96. The molecular weight excluding hydrogens is 226 g/mol. The van der Waals surface area contributed by atoms with Gasteiger partial charge in [-0.15, -0.1) is 0 Å². The summed E-state index contributed by atoms with van der Waals surface area (Å²) in [5, 5.41) is 22.1. The SMILES string of the molecule is CN(C)CC(C)(O)CNCc1cccc(C#N)c1. The fourth-order valence-electron chi connectivity index (χ4n) is 1.96. The van der Waals surface area contributed by atoms with Crippen LogP contribution in [0, 0.1) is 11.3 Å². The summed E-state index contributed by atoms with van der Waals surface area (Å²) in [5.41, 5.74) is 0.958. The van der Waals surface area contributed by atoms with Crippen molar-refractivity contribution in [3.63, 3.8) is 0 Å². The lowest BCUT2D eigenvalue weighted by molar-refractivity contribution is 0.0336. The lowest BCUT2D eigenvalue weighted by Gasteiger charge is -2.27. The largest absolute Gasteiger partial charge is 0.388 e. The van der Waals surface area contributed by atoms with E-state index in [2.05, 4.69) is 11.4 Å². The van der Waals surface area contributed by atoms with Crippen LogP contribution in [0.4, 0.5) is 0 Å². The molecule has 0 heterocycles. The third kappa shape index (κ3) is 5.28. The summed E-state index contributed by atoms with van der Waals surface area (Å²) >= 11 is 0. The highest BCUT2D eigenvalue weighted by molar-refractivity contribution is 5.32. The van der Waals surface area contributed by atoms with E-state index in [9.17, 15) is 5.11 Å². The summed E-state index contributed by atoms with van der Waals surface area (Å²) in [7, 11) is 3.87. The second-order valence-corrected chi connectivity index (χ2v) is 5.15. The normalized spacial score (nSPS) is 14.2. The number of hydrogen-bond donors (Lipinski definition) is 2. The highest BCUT2D eigenvalue weighted by atomic mass is 16.3. The number of benzene rings is 1. The van der Waals surface area contributed by atoms with E-state index in [1.54, 1.807) is 6.07 Å². The van der Waals surface area contributed by atoms with Crippen LogP contribution in [0.5, 0.6) is 0 Å². The first-order chi connectivity index (χ1) is 8.43. The van der Waals surface area contributed by atoms with Gasteiger partial charge < -0.3 is 15.3 Å². The van der Waals surface area contributed by atoms with E-state index in [1.165, 1.54) is 0 Å². The summed E-state index contributed by atoms with van der Waals surface area (Å²) in [6.07, 6.45) is 0. The molecule has 0 radical (unpaired) electrons. The lowest BCUT2D eigenvalue weighted by Crippen LogP contribution is -2.45. The van der Waals surface area contributed by atoms with Crippen LogP contribution < -0.4 is 5.32 Å². The van der Waals surface area contributed by atoms with Gasteiger partial charge in [0.15, 0.2) is 0 Å². The smallest absolute Gasteiger partial charge is 0.0991 e. The van der Waals surface area contributed by atoms with Gasteiger partial charge in [-0.3, -0.25) is 0 Å². The summed E-state index contributed by atoms with van der Waals surface area (Å²) in [5.74, 6) is 0. The van der Waals surface area contributed by atoms with Crippen molar-refractivity contribution in [1.29, 1.82) is 5.26 Å². The van der Waals surface area contributed by atoms with Gasteiger partial charge in [0.1, 0.15) is 0 Å². The number of aliphatic hydroxyl groups is 1. The second kappa shape index (κ2) is 6.50. The molecule has 0 aromatic heterocycles. The van der Waals surface area contributed by atoms with Gasteiger partial charge in [-0.05, 0) is 38.7 Å². The van der Waals surface area contributed by atoms with Crippen LogP contribution in [0.1, 0.15) is 18.1 Å². The Balaban J connectivity index is 2.44. The average molecular weight is 247 g/mol. The van der Waals surface area contributed by atoms with Crippen LogP contribution in [0.3, 0.4) is 0 Å². The van der Waals surface area contributed by atoms with Crippen molar-refractivity contribution in [1.82, 2.24) is 10.2 Å². The van der Waals surface area contributed by atoms with Crippen LogP contribution in [0.2, 0.25) is 0 Å². The average Bonchev–Trinajstić information content (AvgIpc) is 2.27. The van der Waals surface area contributed by atoms with Gasteiger partial charge in [-0.1, -0.05) is 12.1 Å². The van der Waals surface area contributed by atoms with Crippen molar-refractivity contribution < 1.29 is 5.11 Å². The van der Waals surface area contributed by atoms with E-state index in [0.717, 1.165) is 5.56 Å². The van der Waals surface area contributed by atoms with E-state index < -0.39 is 5.60 Å². The number of rotatable bonds is 6. The Labute approximate surface area is 109 Å². The highest BCUT2D eigenvalue weighted by Gasteiger charge is 2.20. The molecule has 98 valence electrons. The number of hydrogen-bond acceptors (Lipinski definition) is 4. The van der Waals surface area contributed by atoms with Gasteiger partial charge in [-0.2, -0.15) is 5.26 Å². The molecular formula is C14H21N3O. The molecule has 0 spiro atoms. The van der Waals surface area contributed by atoms with Gasteiger partial charge in [0.2, 0.25) is 0 Å². The third-order valence-electron chi connectivity index (χ3n) is 2.55. The topological polar surface area (TPSA) is 59.3 Å². The Morgan fingerprint density at radius 2 is 2.17 bits per heavy atom. The molecule has 0 aliphatic rings. The highest BCUT2D eigenvalue weighted by Crippen LogP contribution is 2.06. The molecule has 4 heteroatoms. The van der Waals surface area contributed by atoms with Crippen molar-refractivity contribution in [2.24, 2.45) is 0 Å². The van der Waals surface area contributed by atoms with Gasteiger partial charge in [0.25, 0.3) is 0 Å². The van der Waals surface area contributed by atoms with Crippen molar-refractivity contribution in [3.05, 3.63) is 35.4 Å². The monoisotopic (exact) mass is 247 g/mol. The molecule has 0 saturated carbocycles. The lowest BCUT2D eigenvalue weighted by atomic mass is 10.1. The number of likely N-dealkylation sites (N-methyl/N-ethyl adjacent to an activating group) is 1. The molecule has 18 heavy (non-hydrogen) atoms. The van der Waals surface area contributed by atoms with E-state index in [-0.39, 0.29) is 0 Å². The Hall–Kier alpha value is -1.41. The fourth-order valence-corrected chi connectivity index (χ4v) is 1.96. The van der Waals surface area contributed by atoms with Crippen LogP contribution >= 0.6 is 0 Å². The zero-order valence-corrected chi connectivity index (χ0v) is 11.3. The Bertz CT molecular complexity index is 421. The molecule has 0 amide bonds. The van der Waals surface area contributed by atoms with Gasteiger partial charge in [0, 0.05) is 19.6 Å². The first-order valence-electron chi connectivity index (χ1n) is 6.00. The molecule has 4 nitrogen and oxygen atoms in total. The Morgan fingerprint density at radius 1 is 1.44 bits per heavy atom. The molecule has 1 atom stereocenters. The van der Waals surface area contributed by atoms with Crippen LogP contribution in [-0.2, 0) is 6.54 Å². The molecule has 1 rings (SSSR count). The summed E-state index contributed by atoms with van der Waals surface area (Å²) in [6, 6.07) is 9.59. The van der Waals surface area contributed by atoms with Crippen LogP contribution in [-0.4, -0.2) is 42.8 Å². The van der Waals surface area contributed by atoms with Gasteiger partial charge in [0.05, 0.1) is 17.2 Å². The predicted octanol–water partition coefficient (Wildman–Crippen LogP) is 0.960. The minimum absolute atomic E-state index is 0.516. The maximum atomic E-state index is 10.1. The van der Waals surface area contributed by atoms with Crippen LogP contribution in [0.25, 0.3) is 0 Å². The zero-order chi connectivity index (χ0) is 13.6. The Morgan fingerprint density at radius 3 is 2.78 bits per heavy atom. The van der Waals surface area contributed by atoms with Crippen molar-refractivity contribution in [2.75, 3.05) is 27.2 Å². The Kier molecular flexibility index (Phi) is 5.29. The molecule has 1 unspecified atom stereocenters. The van der Waals surface area contributed by atoms with Gasteiger partial charge >= 0.3 is 0 Å². The van der Waals surface area contributed by atoms with E-state index >= 15 is 0 Å². The molecule has 0 bridgehead atoms. The summed E-state index contributed by atoms with van der Waals surface area (Å²) in [6.45, 7) is 3.59. The van der Waals surface area contributed by atoms with E-state index in [1.807, 2.05) is 44.1 Å².